The van der Waals surface area contributed by atoms with E-state index in [-0.39, 0.29) is 35.8 Å². The van der Waals surface area contributed by atoms with Crippen LogP contribution in [-0.4, -0.2) is 70.4 Å². The molecule has 5 aromatic rings. The molecule has 1 aromatic heterocycles. The van der Waals surface area contributed by atoms with E-state index in [1.54, 1.807) is 28.4 Å². The lowest BCUT2D eigenvalue weighted by Crippen LogP contribution is -2.57. The number of aromatic nitrogens is 1. The predicted octanol–water partition coefficient (Wildman–Crippen LogP) is 9.87. The third kappa shape index (κ3) is 13.6. The number of aromatic hydroxyl groups is 1. The van der Waals surface area contributed by atoms with Gasteiger partial charge in [0.1, 0.15) is 30.2 Å². The smallest absolute Gasteiger partial charge is 0.246 e. The Kier molecular flexibility index (Phi) is 17.7. The van der Waals surface area contributed by atoms with Crippen LogP contribution in [0.15, 0.2) is 109 Å². The maximum atomic E-state index is 14.0. The zero-order valence-electron chi connectivity index (χ0n) is 39.0. The summed E-state index contributed by atoms with van der Waals surface area (Å²) in [4.78, 5) is 60.2. The molecule has 0 bridgehead atoms. The van der Waals surface area contributed by atoms with E-state index in [1.165, 1.54) is 5.57 Å². The van der Waals surface area contributed by atoms with Crippen molar-refractivity contribution >= 4 is 46.1 Å². The van der Waals surface area contributed by atoms with Crippen molar-refractivity contribution in [3.63, 3.8) is 0 Å². The van der Waals surface area contributed by atoms with Gasteiger partial charge in [0.2, 0.25) is 23.6 Å². The molecule has 0 saturated carbocycles. The Bertz CT molecular complexity index is 2410. The Labute approximate surface area is 394 Å². The van der Waals surface area contributed by atoms with Gasteiger partial charge in [0.25, 0.3) is 0 Å². The average Bonchev–Trinajstić information content (AvgIpc) is 3.99. The molecule has 1 aliphatic heterocycles. The quantitative estimate of drug-likeness (QED) is 0.0423. The molecule has 12 heteroatoms. The number of hydrogen-bond acceptors (Lipinski definition) is 8. The number of hydrogen-bond donors (Lipinski definition) is 4. The topological polar surface area (TPSA) is 150 Å². The molecule has 11 nitrogen and oxygen atoms in total. The van der Waals surface area contributed by atoms with Gasteiger partial charge in [0.05, 0.1) is 22.6 Å². The van der Waals surface area contributed by atoms with Crippen molar-refractivity contribution in [1.82, 2.24) is 25.8 Å². The second kappa shape index (κ2) is 23.8. The number of benzene rings is 4. The summed E-state index contributed by atoms with van der Waals surface area (Å²) in [6, 6.07) is 32.3. The Balaban J connectivity index is 0.879. The largest absolute Gasteiger partial charge is 0.508 e. The number of carbonyl (C=O) groups excluding carboxylic acids is 4. The lowest BCUT2D eigenvalue weighted by atomic mass is 9.85. The van der Waals surface area contributed by atoms with Crippen LogP contribution in [0.3, 0.4) is 0 Å². The van der Waals surface area contributed by atoms with Gasteiger partial charge >= 0.3 is 0 Å². The van der Waals surface area contributed by atoms with E-state index in [2.05, 4.69) is 40.0 Å². The number of phenols is 1. The van der Waals surface area contributed by atoms with Gasteiger partial charge in [-0.25, -0.2) is 4.98 Å². The second-order valence-corrected chi connectivity index (χ2v) is 18.8. The van der Waals surface area contributed by atoms with Gasteiger partial charge in [-0.15, -0.1) is 11.3 Å². The minimum Gasteiger partial charge on any atom is -0.508 e. The van der Waals surface area contributed by atoms with E-state index in [0.29, 0.717) is 57.7 Å². The van der Waals surface area contributed by atoms with Crippen LogP contribution < -0.4 is 20.7 Å². The fourth-order valence-electron chi connectivity index (χ4n) is 8.41. The average molecular weight is 912 g/mol. The maximum absolute atomic E-state index is 14.0. The number of likely N-dealkylation sites (tertiary alicyclic amines) is 1. The van der Waals surface area contributed by atoms with Crippen LogP contribution in [0, 0.1) is 12.3 Å². The first-order chi connectivity index (χ1) is 31.8. The SMILES string of the molecule is CC/C(=C(\c1ccc(O)cc1)c1ccc(OCCNC(=O)CCCCCCC(=O)N[C@H](C(=O)N2CCC[C@H]2C(=O)NCc2ccc(-c3scnc3C)cc2)C(C)(C)C)cc1)c1ccccc1. The van der Waals surface area contributed by atoms with E-state index in [4.69, 9.17) is 4.74 Å². The highest BCUT2D eigenvalue weighted by Crippen LogP contribution is 2.36. The van der Waals surface area contributed by atoms with Crippen molar-refractivity contribution in [2.75, 3.05) is 19.7 Å². The summed E-state index contributed by atoms with van der Waals surface area (Å²) in [7, 11) is 0. The first-order valence-electron chi connectivity index (χ1n) is 23.3. The van der Waals surface area contributed by atoms with Crippen LogP contribution in [0.2, 0.25) is 0 Å². The molecular formula is C54H65N5O6S. The van der Waals surface area contributed by atoms with E-state index >= 15 is 0 Å². The number of allylic oxidation sites excluding steroid dienone is 1. The maximum Gasteiger partial charge on any atom is 0.246 e. The number of thiazole rings is 1. The number of nitrogens with zero attached hydrogens (tertiary/aromatic N) is 2. The number of aryl methyl sites for hydroxylation is 1. The number of nitrogens with one attached hydrogen (secondary N) is 3. The third-order valence-corrected chi connectivity index (χ3v) is 13.0. The molecule has 0 aliphatic carbocycles. The lowest BCUT2D eigenvalue weighted by molar-refractivity contribution is -0.143. The second-order valence-electron chi connectivity index (χ2n) is 18.0. The first-order valence-corrected chi connectivity index (χ1v) is 24.1. The molecule has 2 heterocycles. The van der Waals surface area contributed by atoms with Gasteiger partial charge in [-0.05, 0) is 108 Å². The highest BCUT2D eigenvalue weighted by molar-refractivity contribution is 7.13. The van der Waals surface area contributed by atoms with E-state index in [9.17, 15) is 24.3 Å². The fraction of sp³-hybridized carbons (Fsp3) is 0.389. The zero-order chi connectivity index (χ0) is 47.1. The highest BCUT2D eigenvalue weighted by Gasteiger charge is 2.41. The summed E-state index contributed by atoms with van der Waals surface area (Å²) in [5.41, 5.74) is 9.83. The van der Waals surface area contributed by atoms with Gasteiger partial charge in [0.15, 0.2) is 0 Å². The van der Waals surface area contributed by atoms with Gasteiger partial charge in [-0.2, -0.15) is 0 Å². The van der Waals surface area contributed by atoms with Crippen LogP contribution >= 0.6 is 11.3 Å². The molecule has 2 atom stereocenters. The summed E-state index contributed by atoms with van der Waals surface area (Å²) in [5.74, 6) is 0.273. The minimum atomic E-state index is -0.770. The monoisotopic (exact) mass is 911 g/mol. The highest BCUT2D eigenvalue weighted by atomic mass is 32.1. The molecule has 0 spiro atoms. The molecular weight excluding hydrogens is 847 g/mol. The zero-order valence-corrected chi connectivity index (χ0v) is 39.8. The van der Waals surface area contributed by atoms with Crippen molar-refractivity contribution in [2.45, 2.75) is 111 Å². The number of carbonyl (C=O) groups is 4. The third-order valence-electron chi connectivity index (χ3n) is 12.0. The van der Waals surface area contributed by atoms with Crippen LogP contribution in [-0.2, 0) is 25.7 Å². The van der Waals surface area contributed by atoms with Crippen LogP contribution in [0.25, 0.3) is 21.6 Å². The van der Waals surface area contributed by atoms with Crippen LogP contribution in [0.4, 0.5) is 0 Å². The molecule has 348 valence electrons. The van der Waals surface area contributed by atoms with Crippen LogP contribution in [0.1, 0.15) is 113 Å². The molecule has 0 unspecified atom stereocenters. The van der Waals surface area contributed by atoms with Gasteiger partial charge in [-0.1, -0.05) is 119 Å². The standard InChI is InChI=1S/C54H65N5O6S/c1-6-45(39-15-10-9-11-16-39)49(40-24-28-43(60)29-25-40)41-26-30-44(31-27-41)65-34-32-55-47(61)18-12-7-8-13-19-48(62)58-51(54(3,4)5)53(64)59-33-14-17-46(59)52(63)56-35-38-20-22-42(23-21-38)50-37(2)57-36-66-50/h9-11,15-16,20-31,36,46,51,60H,6-8,12-14,17-19,32-35H2,1-5H3,(H,55,61)(H,56,63)(H,58,62)/b49-45-/t46-,51+/m0/s1. The molecule has 4 amide bonds. The Hall–Kier alpha value is -6.27. The molecule has 66 heavy (non-hydrogen) atoms. The predicted molar refractivity (Wildman–Crippen MR) is 264 cm³/mol. The summed E-state index contributed by atoms with van der Waals surface area (Å²) in [5, 5.41) is 18.9. The van der Waals surface area contributed by atoms with Crippen molar-refractivity contribution in [1.29, 1.82) is 0 Å². The molecule has 0 radical (unpaired) electrons. The normalized spacial score (nSPS) is 14.6. The van der Waals surface area contributed by atoms with Crippen molar-refractivity contribution < 1.29 is 29.0 Å². The first kappa shape index (κ1) is 49.2. The minimum absolute atomic E-state index is 0.0414. The van der Waals surface area contributed by atoms with E-state index in [1.807, 2.05) is 112 Å². The summed E-state index contributed by atoms with van der Waals surface area (Å²) >= 11 is 1.60. The Morgan fingerprint density at radius 3 is 2.09 bits per heavy atom. The number of phenolic OH excluding ortho intramolecular Hbond substituents is 1. The van der Waals surface area contributed by atoms with E-state index in [0.717, 1.165) is 69.6 Å². The van der Waals surface area contributed by atoms with Crippen molar-refractivity contribution in [2.24, 2.45) is 5.41 Å². The van der Waals surface area contributed by atoms with Crippen LogP contribution in [0.5, 0.6) is 11.5 Å². The van der Waals surface area contributed by atoms with Gasteiger partial charge in [-0.3, -0.25) is 19.2 Å². The molecule has 4 N–H and O–H groups in total. The molecule has 4 aromatic carbocycles. The summed E-state index contributed by atoms with van der Waals surface area (Å²) in [6.45, 7) is 11.5. The van der Waals surface area contributed by atoms with E-state index < -0.39 is 17.5 Å². The number of amides is 4. The molecule has 1 saturated heterocycles. The molecule has 6 rings (SSSR count). The lowest BCUT2D eigenvalue weighted by Gasteiger charge is -2.35. The van der Waals surface area contributed by atoms with Crippen molar-refractivity contribution in [3.05, 3.63) is 137 Å². The number of unbranched alkanes of at least 4 members (excludes halogenated alkanes) is 3. The number of rotatable bonds is 21. The summed E-state index contributed by atoms with van der Waals surface area (Å²) < 4.78 is 5.97. The van der Waals surface area contributed by atoms with Gasteiger partial charge < -0.3 is 30.7 Å². The molecule has 1 aliphatic rings. The Morgan fingerprint density at radius 1 is 0.818 bits per heavy atom. The van der Waals surface area contributed by atoms with Crippen molar-refractivity contribution in [3.8, 4) is 21.9 Å². The number of ether oxygens (including phenoxy) is 1. The fourth-order valence-corrected chi connectivity index (χ4v) is 9.22. The van der Waals surface area contributed by atoms with Gasteiger partial charge in [0, 0.05) is 25.9 Å². The summed E-state index contributed by atoms with van der Waals surface area (Å²) in [6.07, 6.45) is 5.71. The Morgan fingerprint density at radius 2 is 1.47 bits per heavy atom. The molecule has 1 fully saturated rings.